The number of rotatable bonds is 6. The van der Waals surface area contributed by atoms with E-state index >= 15 is 0 Å². The Morgan fingerprint density at radius 2 is 1.76 bits per heavy atom. The lowest BCUT2D eigenvalue weighted by Gasteiger charge is -2.06. The number of hydrogen-bond donors (Lipinski definition) is 1. The second-order valence-electron chi connectivity index (χ2n) is 4.42. The van der Waals surface area contributed by atoms with Crippen molar-refractivity contribution in [2.45, 2.75) is 12.8 Å². The van der Waals surface area contributed by atoms with Gasteiger partial charge in [-0.15, -0.1) is 0 Å². The van der Waals surface area contributed by atoms with E-state index < -0.39 is 0 Å². The van der Waals surface area contributed by atoms with E-state index in [0.29, 0.717) is 23.6 Å². The third kappa shape index (κ3) is 4.14. The van der Waals surface area contributed by atoms with Gasteiger partial charge in [0.15, 0.2) is 5.69 Å². The van der Waals surface area contributed by atoms with Crippen molar-refractivity contribution in [1.29, 1.82) is 0 Å². The van der Waals surface area contributed by atoms with Crippen LogP contribution in [0, 0.1) is 0 Å². The van der Waals surface area contributed by atoms with Crippen molar-refractivity contribution in [3.63, 3.8) is 0 Å². The summed E-state index contributed by atoms with van der Waals surface area (Å²) in [5.74, 6) is 0.861. The van der Waals surface area contributed by atoms with Crippen LogP contribution in [0.25, 0.3) is 5.53 Å². The molecule has 0 fully saturated rings. The molecule has 0 aromatic heterocycles. The molecule has 0 saturated heterocycles. The number of benzene rings is 2. The molecule has 0 aliphatic rings. The highest BCUT2D eigenvalue weighted by Crippen LogP contribution is 2.18. The Kier molecular flexibility index (Phi) is 5.04. The van der Waals surface area contributed by atoms with Gasteiger partial charge in [0.05, 0.1) is 13.5 Å². The predicted octanol–water partition coefficient (Wildman–Crippen LogP) is 1.97. The van der Waals surface area contributed by atoms with E-state index in [1.807, 2.05) is 12.1 Å². The van der Waals surface area contributed by atoms with Gasteiger partial charge in [0.25, 0.3) is 0 Å². The smallest absolute Gasteiger partial charge is 0.311 e. The van der Waals surface area contributed by atoms with Gasteiger partial charge in [0.2, 0.25) is 0 Å². The number of nitrogens with zero attached hydrogens (tertiary/aromatic N) is 1. The second-order valence-corrected chi connectivity index (χ2v) is 4.42. The topological polar surface area (TPSA) is 71.8 Å². The molecule has 0 spiro atoms. The molecule has 21 heavy (non-hydrogen) atoms. The normalized spacial score (nSPS) is 9.95. The van der Waals surface area contributed by atoms with E-state index in [4.69, 9.17) is 15.0 Å². The third-order valence-corrected chi connectivity index (χ3v) is 3.03. The van der Waals surface area contributed by atoms with Crippen molar-refractivity contribution in [3.8, 4) is 11.5 Å². The standard InChI is InChI=1S/C16H16N2O3/c1-20-13-7-9-14(10-8-13)21-16(19)11-6-12-4-2-3-5-15(12)18-17/h2-5,7-10,18H,6,11H2,1H3. The molecule has 108 valence electrons. The van der Waals surface area contributed by atoms with Crippen molar-refractivity contribution in [2.24, 2.45) is 0 Å². The first-order valence-electron chi connectivity index (χ1n) is 6.55. The second kappa shape index (κ2) is 7.19. The number of para-hydroxylation sites is 1. The summed E-state index contributed by atoms with van der Waals surface area (Å²) in [4.78, 5) is 11.8. The average molecular weight is 284 g/mol. The summed E-state index contributed by atoms with van der Waals surface area (Å²) in [7, 11) is 1.58. The van der Waals surface area contributed by atoms with Crippen LogP contribution in [0.3, 0.4) is 0 Å². The summed E-state index contributed by atoms with van der Waals surface area (Å²) in [6.07, 6.45) is 0.712. The maximum absolute atomic E-state index is 11.8. The Morgan fingerprint density at radius 1 is 1.10 bits per heavy atom. The summed E-state index contributed by atoms with van der Waals surface area (Å²) in [5, 5.41) is 2.12. The molecule has 0 heterocycles. The fourth-order valence-electron chi connectivity index (χ4n) is 1.91. The molecule has 0 amide bonds. The monoisotopic (exact) mass is 284 g/mol. The molecule has 5 heteroatoms. The van der Waals surface area contributed by atoms with E-state index in [-0.39, 0.29) is 12.4 Å². The zero-order valence-corrected chi connectivity index (χ0v) is 11.7. The van der Waals surface area contributed by atoms with Gasteiger partial charge in [-0.2, -0.15) is 0 Å². The van der Waals surface area contributed by atoms with Gasteiger partial charge in [-0.3, -0.25) is 9.91 Å². The summed E-state index contributed by atoms with van der Waals surface area (Å²) in [6, 6.07) is 14.1. The highest BCUT2D eigenvalue weighted by atomic mass is 16.5. The lowest BCUT2D eigenvalue weighted by Crippen LogP contribution is -2.55. The SMILES string of the molecule is COc1ccc(OC(=O)CCc2ccccc2[NH+]=[N-])cc1. The molecular formula is C16H16N2O3. The molecule has 1 N–H and O–H groups in total. The predicted molar refractivity (Wildman–Crippen MR) is 77.4 cm³/mol. The van der Waals surface area contributed by atoms with E-state index in [9.17, 15) is 4.79 Å². The van der Waals surface area contributed by atoms with Crippen molar-refractivity contribution in [3.05, 3.63) is 59.6 Å². The molecule has 2 rings (SSSR count). The Balaban J connectivity index is 1.91. The number of hydrogen-bond acceptors (Lipinski definition) is 3. The van der Waals surface area contributed by atoms with Gasteiger partial charge in [-0.25, -0.2) is 0 Å². The first kappa shape index (κ1) is 14.7. The molecule has 0 aliphatic heterocycles. The summed E-state index contributed by atoms with van der Waals surface area (Å²) in [6.45, 7) is 0. The number of aryl methyl sites for hydroxylation is 1. The highest BCUT2D eigenvalue weighted by molar-refractivity contribution is 5.72. The number of ether oxygens (including phenoxy) is 2. The summed E-state index contributed by atoms with van der Waals surface area (Å²) in [5.41, 5.74) is 10.4. The number of carbonyl (C=O) groups excluding carboxylic acids is 1. The average Bonchev–Trinajstić information content (AvgIpc) is 2.54. The molecule has 2 aromatic rings. The third-order valence-electron chi connectivity index (χ3n) is 3.03. The lowest BCUT2D eigenvalue weighted by molar-refractivity contribution is -0.380. The molecule has 0 bridgehead atoms. The molecular weight excluding hydrogens is 268 g/mol. The first-order valence-corrected chi connectivity index (χ1v) is 6.55. The molecule has 2 aromatic carbocycles. The van der Waals surface area contributed by atoms with Gasteiger partial charge in [-0.1, -0.05) is 18.2 Å². The van der Waals surface area contributed by atoms with Crippen molar-refractivity contribution < 1.29 is 19.4 Å². The Morgan fingerprint density at radius 3 is 2.43 bits per heavy atom. The van der Waals surface area contributed by atoms with Gasteiger partial charge < -0.3 is 15.0 Å². The fourth-order valence-corrected chi connectivity index (χ4v) is 1.91. The Bertz CT molecular complexity index is 624. The Labute approximate surface area is 123 Å². The number of methoxy groups -OCH3 is 1. The van der Waals surface area contributed by atoms with Crippen LogP contribution in [0.2, 0.25) is 0 Å². The minimum Gasteiger partial charge on any atom is -0.502 e. The van der Waals surface area contributed by atoms with Gasteiger partial charge in [0, 0.05) is 11.6 Å². The van der Waals surface area contributed by atoms with Crippen molar-refractivity contribution in [1.82, 2.24) is 0 Å². The van der Waals surface area contributed by atoms with Crippen LogP contribution in [0.5, 0.6) is 11.5 Å². The van der Waals surface area contributed by atoms with Crippen LogP contribution in [-0.2, 0) is 11.2 Å². The van der Waals surface area contributed by atoms with E-state index in [2.05, 4.69) is 5.11 Å². The largest absolute Gasteiger partial charge is 0.502 e. The molecule has 0 unspecified atom stereocenters. The number of esters is 1. The molecule has 5 nitrogen and oxygen atoms in total. The lowest BCUT2D eigenvalue weighted by atomic mass is 10.1. The maximum atomic E-state index is 11.8. The zero-order valence-electron chi connectivity index (χ0n) is 11.7. The number of nitrogens with one attached hydrogen (secondary N) is 1. The van der Waals surface area contributed by atoms with Crippen LogP contribution in [0.1, 0.15) is 12.0 Å². The van der Waals surface area contributed by atoms with E-state index in [1.54, 1.807) is 43.5 Å². The Hall–Kier alpha value is -2.69. The fraction of sp³-hybridized carbons (Fsp3) is 0.188. The number of carbonyl (C=O) groups is 1. The van der Waals surface area contributed by atoms with Crippen LogP contribution in [0.4, 0.5) is 5.69 Å². The van der Waals surface area contributed by atoms with Gasteiger partial charge in [-0.05, 0) is 30.7 Å². The maximum Gasteiger partial charge on any atom is 0.311 e. The quantitative estimate of drug-likeness (QED) is 0.501. The summed E-state index contributed by atoms with van der Waals surface area (Å²) >= 11 is 0. The molecule has 0 aliphatic carbocycles. The van der Waals surface area contributed by atoms with Crippen molar-refractivity contribution >= 4 is 11.7 Å². The summed E-state index contributed by atoms with van der Waals surface area (Å²) < 4.78 is 10.3. The van der Waals surface area contributed by atoms with Crippen LogP contribution in [-0.4, -0.2) is 13.1 Å². The van der Waals surface area contributed by atoms with Gasteiger partial charge >= 0.3 is 5.97 Å². The van der Waals surface area contributed by atoms with Gasteiger partial charge in [0.1, 0.15) is 11.5 Å². The minimum absolute atomic E-state index is 0.227. The molecule has 0 saturated carbocycles. The van der Waals surface area contributed by atoms with E-state index in [0.717, 1.165) is 5.56 Å². The van der Waals surface area contributed by atoms with E-state index in [1.165, 1.54) is 0 Å². The van der Waals surface area contributed by atoms with Crippen LogP contribution >= 0.6 is 0 Å². The minimum atomic E-state index is -0.326. The highest BCUT2D eigenvalue weighted by Gasteiger charge is 2.09. The molecule has 0 atom stereocenters. The van der Waals surface area contributed by atoms with Crippen LogP contribution < -0.4 is 14.6 Å². The molecule has 0 radical (unpaired) electrons. The van der Waals surface area contributed by atoms with Crippen molar-refractivity contribution in [2.75, 3.05) is 7.11 Å². The first-order chi connectivity index (χ1) is 10.2. The van der Waals surface area contributed by atoms with Crippen LogP contribution in [0.15, 0.2) is 48.5 Å². The zero-order chi connectivity index (χ0) is 15.1.